The van der Waals surface area contributed by atoms with E-state index < -0.39 is 21.5 Å². The molecule has 2 aliphatic rings. The summed E-state index contributed by atoms with van der Waals surface area (Å²) in [6.45, 7) is 7.68. The van der Waals surface area contributed by atoms with Crippen LogP contribution < -0.4 is 10.5 Å². The number of carbonyl (C=O) groups is 1. The number of carbonyl (C=O) groups excluding carboxylic acids is 1. The Morgan fingerprint density at radius 2 is 2.03 bits per heavy atom. The van der Waals surface area contributed by atoms with Crippen molar-refractivity contribution in [2.45, 2.75) is 62.7 Å². The molecule has 4 atom stereocenters. The van der Waals surface area contributed by atoms with Crippen molar-refractivity contribution < 1.29 is 14.1 Å². The fraction of sp³-hybridized carbons (Fsp3) is 0.524. The van der Waals surface area contributed by atoms with E-state index in [9.17, 15) is 14.1 Å². The Hall–Kier alpha value is -1.81. The van der Waals surface area contributed by atoms with Gasteiger partial charge in [-0.05, 0) is 73.6 Å². The average molecular weight is 449 g/mol. The second-order valence-electron chi connectivity index (χ2n) is 8.92. The van der Waals surface area contributed by atoms with Crippen LogP contribution in [0.1, 0.15) is 62.5 Å². The SMILES string of the molecule is C[C@@H]1C(c2cc(NC(=O)N=S(N)(=O)c3cc(C(C)(C)O)cs3)c3c(n2)CCC3)[C@@H]1C. The van der Waals surface area contributed by atoms with E-state index in [1.807, 2.05) is 6.07 Å². The summed E-state index contributed by atoms with van der Waals surface area (Å²) in [6.07, 6.45) is 2.76. The highest BCUT2D eigenvalue weighted by molar-refractivity contribution is 7.93. The van der Waals surface area contributed by atoms with Gasteiger partial charge in [0.05, 0.1) is 5.60 Å². The van der Waals surface area contributed by atoms with Gasteiger partial charge in [-0.15, -0.1) is 15.7 Å². The molecule has 7 nitrogen and oxygen atoms in total. The Morgan fingerprint density at radius 1 is 1.33 bits per heavy atom. The maximum atomic E-state index is 12.9. The Labute approximate surface area is 181 Å². The van der Waals surface area contributed by atoms with Crippen molar-refractivity contribution in [2.75, 3.05) is 5.32 Å². The third-order valence-corrected chi connectivity index (χ3v) is 9.12. The summed E-state index contributed by atoms with van der Waals surface area (Å²) in [6, 6.07) is 2.75. The predicted octanol–water partition coefficient (Wildman–Crippen LogP) is 4.16. The van der Waals surface area contributed by atoms with Crippen LogP contribution in [0.4, 0.5) is 10.5 Å². The average Bonchev–Trinajstić information content (AvgIpc) is 3.09. The number of aliphatic hydroxyl groups is 1. The lowest BCUT2D eigenvalue weighted by Crippen LogP contribution is -2.18. The molecule has 1 fully saturated rings. The first kappa shape index (κ1) is 21.4. The van der Waals surface area contributed by atoms with Gasteiger partial charge in [0.15, 0.2) is 9.92 Å². The quantitative estimate of drug-likeness (QED) is 0.651. The van der Waals surface area contributed by atoms with E-state index in [4.69, 9.17) is 10.1 Å². The molecule has 4 N–H and O–H groups in total. The number of pyridine rings is 1. The fourth-order valence-corrected chi connectivity index (χ4v) is 6.42. The first-order valence-corrected chi connectivity index (χ1v) is 12.6. The molecule has 0 radical (unpaired) electrons. The lowest BCUT2D eigenvalue weighted by molar-refractivity contribution is 0.0789. The van der Waals surface area contributed by atoms with Gasteiger partial charge >= 0.3 is 6.03 Å². The number of hydrogen-bond donors (Lipinski definition) is 3. The molecule has 30 heavy (non-hydrogen) atoms. The number of nitrogens with one attached hydrogen (secondary N) is 1. The maximum Gasteiger partial charge on any atom is 0.354 e. The maximum absolute atomic E-state index is 12.9. The molecule has 0 aliphatic heterocycles. The number of amides is 2. The van der Waals surface area contributed by atoms with E-state index in [2.05, 4.69) is 23.5 Å². The lowest BCUT2D eigenvalue weighted by atomic mass is 10.0. The fourth-order valence-electron chi connectivity index (χ4n) is 4.15. The van der Waals surface area contributed by atoms with Crippen LogP contribution in [0.25, 0.3) is 0 Å². The standard InChI is InChI=1S/C21H28N4O3S2/c1-11-12(2)19(11)17-9-16(14-6-5-7-15(14)23-17)24-20(26)25-30(22,28)18-8-13(10-29-18)21(3,4)27/h8-12,19,27H,5-7H2,1-4H3,(H3,22,23,24,25,26,28)/t11-,12+,19?,30?. The van der Waals surface area contributed by atoms with Crippen molar-refractivity contribution in [2.24, 2.45) is 21.3 Å². The number of nitrogens with zero attached hydrogens (tertiary/aromatic N) is 2. The second kappa shape index (κ2) is 7.40. The minimum absolute atomic E-state index is 0.260. The van der Waals surface area contributed by atoms with E-state index in [-0.39, 0.29) is 4.21 Å². The van der Waals surface area contributed by atoms with Gasteiger partial charge in [-0.1, -0.05) is 13.8 Å². The minimum Gasteiger partial charge on any atom is -0.386 e. The zero-order chi connectivity index (χ0) is 21.8. The van der Waals surface area contributed by atoms with Gasteiger partial charge < -0.3 is 10.4 Å². The molecule has 2 heterocycles. The number of anilines is 1. The van der Waals surface area contributed by atoms with Crippen LogP contribution in [0.5, 0.6) is 0 Å². The summed E-state index contributed by atoms with van der Waals surface area (Å²) in [7, 11) is -3.41. The van der Waals surface area contributed by atoms with Crippen LogP contribution in [0.2, 0.25) is 0 Å². The number of urea groups is 1. The van der Waals surface area contributed by atoms with Crippen molar-refractivity contribution in [1.29, 1.82) is 0 Å². The summed E-state index contributed by atoms with van der Waals surface area (Å²) in [4.78, 5) is 17.5. The van der Waals surface area contributed by atoms with Crippen LogP contribution in [-0.2, 0) is 28.4 Å². The molecule has 2 aromatic heterocycles. The molecule has 162 valence electrons. The van der Waals surface area contributed by atoms with Crippen molar-refractivity contribution in [3.05, 3.63) is 40.0 Å². The van der Waals surface area contributed by atoms with E-state index >= 15 is 0 Å². The molecule has 0 saturated heterocycles. The summed E-state index contributed by atoms with van der Waals surface area (Å²) in [5.41, 5.74) is 3.28. The Bertz CT molecular complexity index is 1120. The third kappa shape index (κ3) is 4.03. The predicted molar refractivity (Wildman–Crippen MR) is 119 cm³/mol. The van der Waals surface area contributed by atoms with Gasteiger partial charge in [0, 0.05) is 23.0 Å². The van der Waals surface area contributed by atoms with Crippen molar-refractivity contribution in [3.63, 3.8) is 0 Å². The molecular weight excluding hydrogens is 420 g/mol. The van der Waals surface area contributed by atoms with Crippen LogP contribution in [0, 0.1) is 11.8 Å². The number of nitrogens with two attached hydrogens (primary N) is 1. The van der Waals surface area contributed by atoms with Crippen LogP contribution >= 0.6 is 11.3 Å². The van der Waals surface area contributed by atoms with Gasteiger partial charge in [0.25, 0.3) is 0 Å². The molecule has 0 bridgehead atoms. The highest BCUT2D eigenvalue weighted by Crippen LogP contribution is 2.53. The van der Waals surface area contributed by atoms with Gasteiger partial charge in [0.1, 0.15) is 4.21 Å². The number of rotatable bonds is 4. The summed E-state index contributed by atoms with van der Waals surface area (Å²) in [5.74, 6) is 1.57. The molecule has 2 aromatic rings. The Morgan fingerprint density at radius 3 is 2.63 bits per heavy atom. The van der Waals surface area contributed by atoms with Gasteiger partial charge in [-0.2, -0.15) is 0 Å². The smallest absolute Gasteiger partial charge is 0.354 e. The number of thiophene rings is 1. The zero-order valence-electron chi connectivity index (χ0n) is 17.6. The van der Waals surface area contributed by atoms with E-state index in [1.54, 1.807) is 25.3 Å². The number of aromatic nitrogens is 1. The molecule has 0 spiro atoms. The van der Waals surface area contributed by atoms with Crippen molar-refractivity contribution >= 4 is 33.0 Å². The highest BCUT2D eigenvalue weighted by atomic mass is 32.2. The summed E-state index contributed by atoms with van der Waals surface area (Å²) >= 11 is 1.12. The number of aryl methyl sites for hydroxylation is 1. The van der Waals surface area contributed by atoms with E-state index in [0.29, 0.717) is 29.0 Å². The van der Waals surface area contributed by atoms with Crippen LogP contribution in [0.15, 0.2) is 26.1 Å². The monoisotopic (exact) mass is 448 g/mol. The highest BCUT2D eigenvalue weighted by Gasteiger charge is 2.45. The van der Waals surface area contributed by atoms with Gasteiger partial charge in [-0.3, -0.25) is 4.98 Å². The molecule has 2 amide bonds. The Balaban J connectivity index is 1.61. The minimum atomic E-state index is -3.41. The largest absolute Gasteiger partial charge is 0.386 e. The second-order valence-corrected chi connectivity index (χ2v) is 11.9. The van der Waals surface area contributed by atoms with Gasteiger partial charge in [0.2, 0.25) is 0 Å². The van der Waals surface area contributed by atoms with Gasteiger partial charge in [-0.25, -0.2) is 14.1 Å². The summed E-state index contributed by atoms with van der Waals surface area (Å²) in [5, 5.41) is 20.5. The molecule has 2 unspecified atom stereocenters. The normalized spacial score (nSPS) is 24.8. The van der Waals surface area contributed by atoms with E-state index in [0.717, 1.165) is 47.6 Å². The molecule has 4 rings (SSSR count). The van der Waals surface area contributed by atoms with Crippen molar-refractivity contribution in [1.82, 2.24) is 4.98 Å². The summed E-state index contributed by atoms with van der Waals surface area (Å²) < 4.78 is 16.9. The first-order chi connectivity index (χ1) is 14.0. The van der Waals surface area contributed by atoms with E-state index in [1.165, 1.54) is 0 Å². The molecule has 9 heteroatoms. The first-order valence-electron chi connectivity index (χ1n) is 10.2. The number of fused-ring (bicyclic) bond motifs is 1. The lowest BCUT2D eigenvalue weighted by Gasteiger charge is -2.14. The topological polar surface area (TPSA) is 118 Å². The van der Waals surface area contributed by atoms with Crippen molar-refractivity contribution in [3.8, 4) is 0 Å². The van der Waals surface area contributed by atoms with Crippen LogP contribution in [0.3, 0.4) is 0 Å². The molecule has 2 aliphatic carbocycles. The molecule has 1 saturated carbocycles. The zero-order valence-corrected chi connectivity index (χ0v) is 19.3. The number of hydrogen-bond acceptors (Lipinski definition) is 5. The Kier molecular flexibility index (Phi) is 5.29. The van der Waals surface area contributed by atoms with Crippen LogP contribution in [-0.4, -0.2) is 20.3 Å². The third-order valence-electron chi connectivity index (χ3n) is 6.26. The molecular formula is C21H28N4O3S2. The molecule has 0 aromatic carbocycles.